The van der Waals surface area contributed by atoms with Crippen LogP contribution in [0.15, 0.2) is 0 Å². The van der Waals surface area contributed by atoms with Crippen molar-refractivity contribution in [3.05, 3.63) is 0 Å². The van der Waals surface area contributed by atoms with Gasteiger partial charge < -0.3 is 29.9 Å². The predicted octanol–water partition coefficient (Wildman–Crippen LogP) is 6.11. The molecule has 214 valence electrons. The lowest BCUT2D eigenvalue weighted by atomic mass is 10.0. The fraction of sp³-hybridized carbons (Fsp3) is 0.966. The molecule has 0 aromatic heterocycles. The summed E-state index contributed by atoms with van der Waals surface area (Å²) in [4.78, 5) is 10.5. The Balaban J connectivity index is 1.72. The topological polar surface area (TPSA) is 116 Å². The van der Waals surface area contributed by atoms with E-state index in [9.17, 15) is 20.1 Å². The van der Waals surface area contributed by atoms with E-state index >= 15 is 0 Å². The number of aliphatic carboxylic acids is 1. The molecule has 0 amide bonds. The summed E-state index contributed by atoms with van der Waals surface area (Å²) in [5.41, 5.74) is 0. The monoisotopic (exact) mass is 516 g/mol. The molecule has 5 atom stereocenters. The van der Waals surface area contributed by atoms with Gasteiger partial charge in [-0.05, 0) is 19.8 Å². The van der Waals surface area contributed by atoms with Crippen LogP contribution in [0, 0.1) is 0 Å². The Morgan fingerprint density at radius 1 is 0.750 bits per heavy atom. The third-order valence-corrected chi connectivity index (χ3v) is 7.31. The molecule has 36 heavy (non-hydrogen) atoms. The van der Waals surface area contributed by atoms with Gasteiger partial charge in [0.15, 0.2) is 6.29 Å². The summed E-state index contributed by atoms with van der Waals surface area (Å²) in [6.45, 7) is 2.41. The van der Waals surface area contributed by atoms with Crippen LogP contribution in [-0.4, -0.2) is 63.7 Å². The van der Waals surface area contributed by atoms with Gasteiger partial charge in [-0.1, -0.05) is 109 Å². The Kier molecular flexibility index (Phi) is 20.6. The Morgan fingerprint density at radius 3 is 1.61 bits per heavy atom. The fourth-order valence-electron chi connectivity index (χ4n) is 4.91. The average molecular weight is 517 g/mol. The molecule has 1 rings (SSSR count). The van der Waals surface area contributed by atoms with Crippen LogP contribution in [-0.2, 0) is 14.3 Å². The molecule has 7 heteroatoms. The van der Waals surface area contributed by atoms with Crippen LogP contribution in [0.5, 0.6) is 0 Å². The van der Waals surface area contributed by atoms with Crippen LogP contribution < -0.4 is 0 Å². The summed E-state index contributed by atoms with van der Waals surface area (Å²) < 4.78 is 11.2. The normalized spacial score (nSPS) is 23.1. The summed E-state index contributed by atoms with van der Waals surface area (Å²) in [5, 5.41) is 37.7. The molecule has 0 aliphatic carbocycles. The molecule has 1 heterocycles. The number of aliphatic hydroxyl groups is 3. The molecule has 1 aliphatic heterocycles. The number of carboxylic acids is 1. The zero-order valence-corrected chi connectivity index (χ0v) is 23.0. The summed E-state index contributed by atoms with van der Waals surface area (Å²) in [5.74, 6) is -0.917. The molecular weight excluding hydrogens is 460 g/mol. The van der Waals surface area contributed by atoms with Crippen molar-refractivity contribution >= 4 is 5.97 Å². The van der Waals surface area contributed by atoms with Crippen LogP contribution in [0.2, 0.25) is 0 Å². The summed E-state index contributed by atoms with van der Waals surface area (Å²) in [6, 6.07) is 0. The van der Waals surface area contributed by atoms with Crippen molar-refractivity contribution in [2.45, 2.75) is 172 Å². The van der Waals surface area contributed by atoms with E-state index in [0.29, 0.717) is 19.4 Å². The van der Waals surface area contributed by atoms with Gasteiger partial charge in [-0.3, -0.25) is 4.79 Å². The van der Waals surface area contributed by atoms with Gasteiger partial charge in [0.25, 0.3) is 0 Å². The zero-order valence-electron chi connectivity index (χ0n) is 23.0. The molecule has 1 fully saturated rings. The number of hydrogen-bond donors (Lipinski definition) is 4. The van der Waals surface area contributed by atoms with Gasteiger partial charge in [-0.2, -0.15) is 0 Å². The van der Waals surface area contributed by atoms with Crippen molar-refractivity contribution in [3.63, 3.8) is 0 Å². The Bertz CT molecular complexity index is 516. The lowest BCUT2D eigenvalue weighted by Crippen LogP contribution is -2.47. The fourth-order valence-corrected chi connectivity index (χ4v) is 4.91. The first-order valence-electron chi connectivity index (χ1n) is 14.9. The standard InChI is InChI=1S/C29H56O7/c1-24-26(31)23-27(32)29(36-24)35-21-19-17-15-13-11-9-7-5-3-2-4-6-8-10-12-14-16-18-20-25(30)22-28(33)34/h24-27,29-32H,2-23H2,1H3,(H,33,34)/t24-,25+,26+,27+,29+/m0/s1. The zero-order chi connectivity index (χ0) is 26.4. The van der Waals surface area contributed by atoms with E-state index in [-0.39, 0.29) is 12.5 Å². The number of carbonyl (C=O) groups is 1. The van der Waals surface area contributed by atoms with Crippen molar-refractivity contribution in [2.24, 2.45) is 0 Å². The highest BCUT2D eigenvalue weighted by molar-refractivity contribution is 5.67. The summed E-state index contributed by atoms with van der Waals surface area (Å²) in [7, 11) is 0. The smallest absolute Gasteiger partial charge is 0.305 e. The molecule has 1 aliphatic rings. The van der Waals surface area contributed by atoms with E-state index in [2.05, 4.69) is 0 Å². The van der Waals surface area contributed by atoms with Crippen molar-refractivity contribution in [1.29, 1.82) is 0 Å². The Hall–Kier alpha value is -0.730. The average Bonchev–Trinajstić information content (AvgIpc) is 2.82. The van der Waals surface area contributed by atoms with Gasteiger partial charge in [0.1, 0.15) is 6.10 Å². The van der Waals surface area contributed by atoms with Crippen LogP contribution in [0.25, 0.3) is 0 Å². The van der Waals surface area contributed by atoms with Crippen molar-refractivity contribution in [2.75, 3.05) is 6.61 Å². The molecule has 0 unspecified atom stereocenters. The first-order chi connectivity index (χ1) is 17.4. The van der Waals surface area contributed by atoms with Gasteiger partial charge in [0.05, 0.1) is 24.7 Å². The number of unbranched alkanes of at least 4 members (excludes halogenated alkanes) is 17. The maximum atomic E-state index is 10.5. The Labute approximate surface area is 220 Å². The lowest BCUT2D eigenvalue weighted by molar-refractivity contribution is -0.261. The first-order valence-corrected chi connectivity index (χ1v) is 14.9. The number of aliphatic hydroxyl groups excluding tert-OH is 3. The SMILES string of the molecule is C[C@@H]1O[C@@H](OCCCCCCCCCCCCCCCCCCCC[C@@H](O)CC(=O)O)[C@H](O)C[C@H]1O. The van der Waals surface area contributed by atoms with Gasteiger partial charge in [0, 0.05) is 13.0 Å². The maximum absolute atomic E-state index is 10.5. The predicted molar refractivity (Wildman–Crippen MR) is 143 cm³/mol. The molecule has 0 saturated carbocycles. The quantitative estimate of drug-likeness (QED) is 0.114. The minimum absolute atomic E-state index is 0.130. The number of hydrogen-bond acceptors (Lipinski definition) is 6. The molecule has 0 radical (unpaired) electrons. The summed E-state index contributed by atoms with van der Waals surface area (Å²) in [6.07, 6.45) is 20.4. The minimum Gasteiger partial charge on any atom is -0.481 e. The highest BCUT2D eigenvalue weighted by Crippen LogP contribution is 2.21. The maximum Gasteiger partial charge on any atom is 0.305 e. The number of carboxylic acid groups (broad SMARTS) is 1. The van der Waals surface area contributed by atoms with E-state index in [0.717, 1.165) is 25.7 Å². The first kappa shape index (κ1) is 33.3. The van der Waals surface area contributed by atoms with E-state index < -0.39 is 30.6 Å². The largest absolute Gasteiger partial charge is 0.481 e. The molecule has 1 saturated heterocycles. The van der Waals surface area contributed by atoms with E-state index in [1.54, 1.807) is 0 Å². The lowest BCUT2D eigenvalue weighted by Gasteiger charge is -2.35. The van der Waals surface area contributed by atoms with Gasteiger partial charge in [-0.25, -0.2) is 0 Å². The third kappa shape index (κ3) is 18.5. The van der Waals surface area contributed by atoms with Gasteiger partial charge in [-0.15, -0.1) is 0 Å². The van der Waals surface area contributed by atoms with E-state index in [4.69, 9.17) is 14.6 Å². The van der Waals surface area contributed by atoms with Crippen molar-refractivity contribution in [1.82, 2.24) is 0 Å². The minimum atomic E-state index is -0.917. The second kappa shape index (κ2) is 22.3. The molecule has 0 aromatic rings. The number of ether oxygens (including phenoxy) is 2. The highest BCUT2D eigenvalue weighted by Gasteiger charge is 2.34. The number of rotatable bonds is 24. The van der Waals surface area contributed by atoms with E-state index in [1.807, 2.05) is 6.92 Å². The van der Waals surface area contributed by atoms with Crippen molar-refractivity contribution < 1.29 is 34.7 Å². The molecule has 0 spiro atoms. The molecule has 7 nitrogen and oxygen atoms in total. The van der Waals surface area contributed by atoms with Gasteiger partial charge in [0.2, 0.25) is 0 Å². The molecule has 0 aromatic carbocycles. The van der Waals surface area contributed by atoms with Gasteiger partial charge >= 0.3 is 5.97 Å². The van der Waals surface area contributed by atoms with Crippen LogP contribution in [0.4, 0.5) is 0 Å². The van der Waals surface area contributed by atoms with Crippen LogP contribution >= 0.6 is 0 Å². The van der Waals surface area contributed by atoms with Crippen molar-refractivity contribution in [3.8, 4) is 0 Å². The summed E-state index contributed by atoms with van der Waals surface area (Å²) >= 11 is 0. The second-order valence-electron chi connectivity index (χ2n) is 10.9. The molecule has 4 N–H and O–H groups in total. The van der Waals surface area contributed by atoms with Crippen LogP contribution in [0.1, 0.15) is 142 Å². The molecule has 0 bridgehead atoms. The molecular formula is C29H56O7. The third-order valence-electron chi connectivity index (χ3n) is 7.31. The van der Waals surface area contributed by atoms with Crippen LogP contribution in [0.3, 0.4) is 0 Å². The Morgan fingerprint density at radius 2 is 1.17 bits per heavy atom. The highest BCUT2D eigenvalue weighted by atomic mass is 16.7. The van der Waals surface area contributed by atoms with E-state index in [1.165, 1.54) is 89.9 Å². The second-order valence-corrected chi connectivity index (χ2v) is 10.9.